The molecule has 222 valence electrons. The number of nitrogens with two attached hydrogens (primary N) is 1. The number of carbonyl (C=O) groups is 1. The largest absolute Gasteiger partial charge is 0.398 e. The van der Waals surface area contributed by atoms with Gasteiger partial charge in [-0.3, -0.25) is 10.2 Å². The monoisotopic (exact) mass is 576 g/mol. The number of hydrogen-bond acceptors (Lipinski definition) is 7. The molecule has 1 amide bonds. The first-order valence-corrected chi connectivity index (χ1v) is 14.5. The molecule has 0 saturated carbocycles. The zero-order chi connectivity index (χ0) is 29.5. The van der Waals surface area contributed by atoms with E-state index in [1.54, 1.807) is 24.3 Å². The van der Waals surface area contributed by atoms with Crippen molar-refractivity contribution in [2.24, 2.45) is 0 Å². The van der Waals surface area contributed by atoms with Gasteiger partial charge in [-0.2, -0.15) is 0 Å². The fourth-order valence-electron chi connectivity index (χ4n) is 5.52. The molecule has 3 aromatic rings. The SMILES string of the molecule is N=C(NC(=O)c1ccc(NCCN2CCCC2)cc1NC1CCOCC1)c1cc(Cc2cc(F)cc(F)c2)ccc1N. The highest BCUT2D eigenvalue weighted by Gasteiger charge is 2.20. The van der Waals surface area contributed by atoms with Crippen LogP contribution in [0.3, 0.4) is 0 Å². The third kappa shape index (κ3) is 7.83. The number of amides is 1. The predicted octanol–water partition coefficient (Wildman–Crippen LogP) is 4.99. The minimum atomic E-state index is -0.654. The number of carbonyl (C=O) groups excluding carboxylic acids is 1. The van der Waals surface area contributed by atoms with Crippen molar-refractivity contribution in [2.45, 2.75) is 38.1 Å². The Morgan fingerprint density at radius 2 is 1.69 bits per heavy atom. The van der Waals surface area contributed by atoms with E-state index in [-0.39, 0.29) is 18.3 Å². The van der Waals surface area contributed by atoms with Crippen molar-refractivity contribution in [3.05, 3.63) is 88.5 Å². The molecule has 2 saturated heterocycles. The van der Waals surface area contributed by atoms with Crippen LogP contribution in [0.1, 0.15) is 52.7 Å². The number of halogens is 2. The van der Waals surface area contributed by atoms with Gasteiger partial charge in [0.1, 0.15) is 17.5 Å². The molecule has 2 aliphatic rings. The quantitative estimate of drug-likeness (QED) is 0.132. The number of benzene rings is 3. The summed E-state index contributed by atoms with van der Waals surface area (Å²) >= 11 is 0. The third-order valence-electron chi connectivity index (χ3n) is 7.76. The lowest BCUT2D eigenvalue weighted by Crippen LogP contribution is -2.33. The number of rotatable bonds is 10. The Bertz CT molecular complexity index is 1400. The Morgan fingerprint density at radius 1 is 0.952 bits per heavy atom. The molecule has 0 bridgehead atoms. The fourth-order valence-corrected chi connectivity index (χ4v) is 5.52. The van der Waals surface area contributed by atoms with Gasteiger partial charge >= 0.3 is 0 Å². The summed E-state index contributed by atoms with van der Waals surface area (Å²) in [5.41, 5.74) is 9.99. The van der Waals surface area contributed by atoms with Crippen molar-refractivity contribution in [3.63, 3.8) is 0 Å². The second-order valence-electron chi connectivity index (χ2n) is 11.0. The van der Waals surface area contributed by atoms with Gasteiger partial charge in [0.05, 0.1) is 5.56 Å². The van der Waals surface area contributed by atoms with Gasteiger partial charge in [0.2, 0.25) is 0 Å². The molecular formula is C32H38F2N6O2. The van der Waals surface area contributed by atoms with Crippen molar-refractivity contribution in [1.29, 1.82) is 5.41 Å². The van der Waals surface area contributed by atoms with Crippen molar-refractivity contribution >= 4 is 28.8 Å². The van der Waals surface area contributed by atoms with Crippen LogP contribution in [0.25, 0.3) is 0 Å². The van der Waals surface area contributed by atoms with Gasteiger partial charge in [-0.05, 0) is 98.8 Å². The summed E-state index contributed by atoms with van der Waals surface area (Å²) in [7, 11) is 0. The standard InChI is InChI=1S/C32H38F2N6O2/c33-23-16-22(17-24(34)19-23)15-21-3-6-29(35)28(18-21)31(36)39-32(41)27-5-4-26(37-9-12-40-10-1-2-11-40)20-30(27)38-25-7-13-42-14-8-25/h3-6,16-20,25,37-38H,1-2,7-15,35H2,(H2,36,39,41). The highest BCUT2D eigenvalue weighted by molar-refractivity contribution is 6.15. The smallest absolute Gasteiger partial charge is 0.258 e. The molecule has 0 atom stereocenters. The Hall–Kier alpha value is -4.02. The number of likely N-dealkylation sites (tertiary alicyclic amines) is 1. The molecule has 2 fully saturated rings. The van der Waals surface area contributed by atoms with E-state index in [0.29, 0.717) is 46.8 Å². The Morgan fingerprint density at radius 3 is 2.43 bits per heavy atom. The van der Waals surface area contributed by atoms with Crippen LogP contribution in [0.2, 0.25) is 0 Å². The van der Waals surface area contributed by atoms with Gasteiger partial charge in [-0.1, -0.05) is 6.07 Å². The van der Waals surface area contributed by atoms with E-state index in [2.05, 4.69) is 20.9 Å². The van der Waals surface area contributed by atoms with E-state index in [1.807, 2.05) is 12.1 Å². The Balaban J connectivity index is 1.30. The van der Waals surface area contributed by atoms with E-state index in [9.17, 15) is 13.6 Å². The average Bonchev–Trinajstić information content (AvgIpc) is 3.48. The Kier molecular flexibility index (Phi) is 9.66. The van der Waals surface area contributed by atoms with Crippen LogP contribution < -0.4 is 21.7 Å². The fraction of sp³-hybridized carbons (Fsp3) is 0.375. The minimum absolute atomic E-state index is 0.158. The number of nitrogens with one attached hydrogen (secondary N) is 4. The van der Waals surface area contributed by atoms with E-state index < -0.39 is 17.5 Å². The summed E-state index contributed by atoms with van der Waals surface area (Å²) < 4.78 is 32.9. The minimum Gasteiger partial charge on any atom is -0.398 e. The van der Waals surface area contributed by atoms with Crippen molar-refractivity contribution in [1.82, 2.24) is 10.2 Å². The van der Waals surface area contributed by atoms with Crippen LogP contribution in [0.15, 0.2) is 54.6 Å². The first-order valence-electron chi connectivity index (χ1n) is 14.5. The zero-order valence-corrected chi connectivity index (χ0v) is 23.6. The lowest BCUT2D eigenvalue weighted by Gasteiger charge is -2.26. The molecule has 2 aliphatic heterocycles. The topological polar surface area (TPSA) is 116 Å². The van der Waals surface area contributed by atoms with Gasteiger partial charge in [-0.25, -0.2) is 8.78 Å². The van der Waals surface area contributed by atoms with E-state index >= 15 is 0 Å². The number of nitrogens with zero attached hydrogens (tertiary/aromatic N) is 1. The highest BCUT2D eigenvalue weighted by atomic mass is 19.1. The molecule has 0 radical (unpaired) electrons. The number of hydrogen-bond donors (Lipinski definition) is 5. The molecule has 0 aliphatic carbocycles. The summed E-state index contributed by atoms with van der Waals surface area (Å²) in [6.07, 6.45) is 4.42. The highest BCUT2D eigenvalue weighted by Crippen LogP contribution is 2.25. The maximum Gasteiger partial charge on any atom is 0.258 e. The van der Waals surface area contributed by atoms with Gasteiger partial charge in [0, 0.05) is 61.0 Å². The van der Waals surface area contributed by atoms with Crippen molar-refractivity contribution in [2.75, 3.05) is 55.8 Å². The zero-order valence-electron chi connectivity index (χ0n) is 23.6. The van der Waals surface area contributed by atoms with Crippen LogP contribution in [0, 0.1) is 17.0 Å². The number of amidine groups is 1. The van der Waals surface area contributed by atoms with Crippen molar-refractivity contribution in [3.8, 4) is 0 Å². The number of ether oxygens (including phenoxy) is 1. The molecule has 3 aromatic carbocycles. The second-order valence-corrected chi connectivity index (χ2v) is 11.0. The van der Waals surface area contributed by atoms with Gasteiger partial charge < -0.3 is 31.3 Å². The van der Waals surface area contributed by atoms with E-state index in [0.717, 1.165) is 50.8 Å². The van der Waals surface area contributed by atoms with Crippen molar-refractivity contribution < 1.29 is 18.3 Å². The van der Waals surface area contributed by atoms with Crippen LogP contribution in [0.5, 0.6) is 0 Å². The average molecular weight is 577 g/mol. The third-order valence-corrected chi connectivity index (χ3v) is 7.76. The number of anilines is 3. The molecule has 0 spiro atoms. The second kappa shape index (κ2) is 13.8. The first kappa shape index (κ1) is 29.5. The molecule has 0 aromatic heterocycles. The van der Waals surface area contributed by atoms with E-state index in [1.165, 1.54) is 25.0 Å². The lowest BCUT2D eigenvalue weighted by atomic mass is 10.0. The van der Waals surface area contributed by atoms with Crippen LogP contribution in [-0.4, -0.2) is 62.1 Å². The van der Waals surface area contributed by atoms with Crippen LogP contribution in [-0.2, 0) is 11.2 Å². The van der Waals surface area contributed by atoms with Gasteiger partial charge in [0.15, 0.2) is 0 Å². The summed E-state index contributed by atoms with van der Waals surface area (Å²) in [6, 6.07) is 14.2. The summed E-state index contributed by atoms with van der Waals surface area (Å²) in [4.78, 5) is 15.9. The summed E-state index contributed by atoms with van der Waals surface area (Å²) in [5, 5.41) is 18.3. The molecule has 10 heteroatoms. The molecule has 6 N–H and O–H groups in total. The molecular weight excluding hydrogens is 538 g/mol. The predicted molar refractivity (Wildman–Crippen MR) is 162 cm³/mol. The van der Waals surface area contributed by atoms with Gasteiger partial charge in [-0.15, -0.1) is 0 Å². The summed E-state index contributed by atoms with van der Waals surface area (Å²) in [5.74, 6) is -1.90. The maximum atomic E-state index is 13.7. The molecule has 42 heavy (non-hydrogen) atoms. The summed E-state index contributed by atoms with van der Waals surface area (Å²) in [6.45, 7) is 5.38. The first-order chi connectivity index (χ1) is 20.3. The lowest BCUT2D eigenvalue weighted by molar-refractivity contribution is 0.0904. The maximum absolute atomic E-state index is 13.7. The van der Waals surface area contributed by atoms with E-state index in [4.69, 9.17) is 15.9 Å². The normalized spacial score (nSPS) is 15.9. The molecule has 0 unspecified atom stereocenters. The molecule has 2 heterocycles. The van der Waals surface area contributed by atoms with Crippen LogP contribution >= 0.6 is 0 Å². The molecule has 8 nitrogen and oxygen atoms in total. The van der Waals surface area contributed by atoms with Gasteiger partial charge in [0.25, 0.3) is 5.91 Å². The molecule has 5 rings (SSSR count). The Labute approximate surface area is 245 Å². The van der Waals surface area contributed by atoms with Crippen LogP contribution in [0.4, 0.5) is 25.8 Å². The number of nitrogen functional groups attached to an aromatic ring is 1.